The monoisotopic (exact) mass is 198 g/mol. The van der Waals surface area contributed by atoms with Gasteiger partial charge in [-0.1, -0.05) is 0 Å². The molecule has 0 aliphatic carbocycles. The number of carbonyl (C=O) groups is 1. The lowest BCUT2D eigenvalue weighted by atomic mass is 10.2. The van der Waals surface area contributed by atoms with E-state index >= 15 is 0 Å². The minimum atomic E-state index is -0.947. The molecule has 1 aromatic heterocycles. The van der Waals surface area contributed by atoms with Crippen molar-refractivity contribution in [3.63, 3.8) is 0 Å². The van der Waals surface area contributed by atoms with Crippen LogP contribution in [0.15, 0.2) is 4.42 Å². The van der Waals surface area contributed by atoms with Crippen LogP contribution in [-0.2, 0) is 22.6 Å². The van der Waals surface area contributed by atoms with Crippen LogP contribution in [0.1, 0.15) is 11.5 Å². The molecule has 0 fully saturated rings. The lowest BCUT2D eigenvalue weighted by Crippen LogP contribution is -2.12. The molecule has 1 aromatic rings. The average molecular weight is 198 g/mol. The maximum atomic E-state index is 10.3. The maximum absolute atomic E-state index is 10.3. The van der Waals surface area contributed by atoms with Crippen LogP contribution in [0, 0.1) is 0 Å². The van der Waals surface area contributed by atoms with Crippen LogP contribution in [0.4, 0.5) is 6.01 Å². The molecular weight excluding hydrogens is 188 g/mol. The van der Waals surface area contributed by atoms with Gasteiger partial charge in [-0.05, 0) is 0 Å². The molecule has 0 unspecified atom stereocenters. The van der Waals surface area contributed by atoms with E-state index in [0.717, 1.165) is 5.69 Å². The number of nitrogens with one attached hydrogen (secondary N) is 1. The number of ether oxygens (including phenoxy) is 1. The number of aromatic nitrogens is 1. The van der Waals surface area contributed by atoms with Crippen LogP contribution in [0.2, 0.25) is 0 Å². The smallest absolute Gasteiger partial charge is 0.323 e. The van der Waals surface area contributed by atoms with E-state index < -0.39 is 5.97 Å². The molecule has 0 saturated heterocycles. The molecule has 0 bridgehead atoms. The summed E-state index contributed by atoms with van der Waals surface area (Å²) in [6.45, 7) is 0.856. The predicted molar refractivity (Wildman–Crippen MR) is 46.0 cm³/mol. The maximum Gasteiger partial charge on any atom is 0.323 e. The zero-order valence-electron chi connectivity index (χ0n) is 7.45. The van der Waals surface area contributed by atoms with Crippen molar-refractivity contribution in [3.8, 4) is 0 Å². The van der Waals surface area contributed by atoms with E-state index in [0.29, 0.717) is 25.4 Å². The summed E-state index contributed by atoms with van der Waals surface area (Å²) in [6.07, 6.45) is 0.716. The van der Waals surface area contributed by atoms with Gasteiger partial charge in [0.2, 0.25) is 0 Å². The number of carboxylic acid groups (broad SMARTS) is 1. The Morgan fingerprint density at radius 2 is 2.50 bits per heavy atom. The van der Waals surface area contributed by atoms with E-state index in [-0.39, 0.29) is 12.6 Å². The number of oxazole rings is 1. The SMILES string of the molecule is O=C(O)CNc1nc2c(o1)COCC2. The summed E-state index contributed by atoms with van der Waals surface area (Å²) < 4.78 is 10.4. The summed E-state index contributed by atoms with van der Waals surface area (Å²) in [7, 11) is 0. The van der Waals surface area contributed by atoms with Gasteiger partial charge in [-0.25, -0.2) is 0 Å². The molecule has 0 saturated carbocycles. The van der Waals surface area contributed by atoms with Crippen molar-refractivity contribution in [1.29, 1.82) is 0 Å². The second-order valence-electron chi connectivity index (χ2n) is 2.94. The molecule has 1 aliphatic rings. The molecule has 2 rings (SSSR count). The van der Waals surface area contributed by atoms with E-state index in [1.165, 1.54) is 0 Å². The summed E-state index contributed by atoms with van der Waals surface area (Å²) in [4.78, 5) is 14.4. The Morgan fingerprint density at radius 1 is 1.64 bits per heavy atom. The zero-order valence-corrected chi connectivity index (χ0v) is 7.45. The summed E-state index contributed by atoms with van der Waals surface area (Å²) in [6, 6.07) is 0.253. The summed E-state index contributed by atoms with van der Waals surface area (Å²) in [5.41, 5.74) is 0.851. The zero-order chi connectivity index (χ0) is 9.97. The number of rotatable bonds is 3. The highest BCUT2D eigenvalue weighted by atomic mass is 16.5. The Hall–Kier alpha value is -1.56. The highest BCUT2D eigenvalue weighted by Gasteiger charge is 2.17. The Bertz CT molecular complexity index is 324. The van der Waals surface area contributed by atoms with Crippen molar-refractivity contribution < 1.29 is 19.1 Å². The minimum absolute atomic E-state index is 0.194. The van der Waals surface area contributed by atoms with Crippen molar-refractivity contribution in [2.24, 2.45) is 0 Å². The first kappa shape index (κ1) is 9.01. The van der Waals surface area contributed by atoms with Crippen molar-refractivity contribution >= 4 is 12.0 Å². The molecule has 76 valence electrons. The van der Waals surface area contributed by atoms with Gasteiger partial charge in [-0.15, -0.1) is 0 Å². The summed E-state index contributed by atoms with van der Waals surface area (Å²) in [5, 5.41) is 11.0. The second kappa shape index (κ2) is 3.67. The molecule has 1 aliphatic heterocycles. The molecule has 6 heteroatoms. The summed E-state index contributed by atoms with van der Waals surface area (Å²) in [5.74, 6) is -0.262. The fourth-order valence-electron chi connectivity index (χ4n) is 1.25. The van der Waals surface area contributed by atoms with Gasteiger partial charge < -0.3 is 19.6 Å². The highest BCUT2D eigenvalue weighted by molar-refractivity contribution is 5.71. The highest BCUT2D eigenvalue weighted by Crippen LogP contribution is 2.19. The van der Waals surface area contributed by atoms with Gasteiger partial charge in [0, 0.05) is 6.42 Å². The van der Waals surface area contributed by atoms with Gasteiger partial charge in [0.05, 0.1) is 12.3 Å². The molecule has 6 nitrogen and oxygen atoms in total. The number of hydrogen-bond donors (Lipinski definition) is 2. The van der Waals surface area contributed by atoms with E-state index in [2.05, 4.69) is 10.3 Å². The van der Waals surface area contributed by atoms with Crippen LogP contribution >= 0.6 is 0 Å². The summed E-state index contributed by atoms with van der Waals surface area (Å²) >= 11 is 0. The van der Waals surface area contributed by atoms with E-state index in [1.54, 1.807) is 0 Å². The van der Waals surface area contributed by atoms with Crippen molar-refractivity contribution in [2.45, 2.75) is 13.0 Å². The van der Waals surface area contributed by atoms with E-state index in [9.17, 15) is 4.79 Å². The first-order valence-electron chi connectivity index (χ1n) is 4.27. The lowest BCUT2D eigenvalue weighted by Gasteiger charge is -2.07. The van der Waals surface area contributed by atoms with Crippen molar-refractivity contribution in [3.05, 3.63) is 11.5 Å². The van der Waals surface area contributed by atoms with Crippen LogP contribution in [0.3, 0.4) is 0 Å². The fourth-order valence-corrected chi connectivity index (χ4v) is 1.25. The fraction of sp³-hybridized carbons (Fsp3) is 0.500. The topological polar surface area (TPSA) is 84.6 Å². The average Bonchev–Trinajstić information content (AvgIpc) is 2.57. The second-order valence-corrected chi connectivity index (χ2v) is 2.94. The minimum Gasteiger partial charge on any atom is -0.480 e. The molecule has 14 heavy (non-hydrogen) atoms. The van der Waals surface area contributed by atoms with Crippen LogP contribution in [0.25, 0.3) is 0 Å². The molecule has 0 amide bonds. The van der Waals surface area contributed by atoms with Gasteiger partial charge in [0.1, 0.15) is 13.2 Å². The normalized spacial score (nSPS) is 14.9. The van der Waals surface area contributed by atoms with Gasteiger partial charge in [0.15, 0.2) is 5.76 Å². The number of anilines is 1. The number of aliphatic carboxylic acids is 1. The predicted octanol–water partition coefficient (Wildman–Crippen LogP) is 0.244. The number of carboxylic acids is 1. The molecular formula is C8H10N2O4. The van der Waals surface area contributed by atoms with E-state index in [1.807, 2.05) is 0 Å². The molecule has 2 N–H and O–H groups in total. The Balaban J connectivity index is 2.04. The van der Waals surface area contributed by atoms with Crippen molar-refractivity contribution in [1.82, 2.24) is 4.98 Å². The Morgan fingerprint density at radius 3 is 3.21 bits per heavy atom. The number of hydrogen-bond acceptors (Lipinski definition) is 5. The Kier molecular flexibility index (Phi) is 2.36. The van der Waals surface area contributed by atoms with Gasteiger partial charge in [-0.2, -0.15) is 4.98 Å². The van der Waals surface area contributed by atoms with E-state index in [4.69, 9.17) is 14.3 Å². The van der Waals surface area contributed by atoms with Gasteiger partial charge in [0.25, 0.3) is 6.01 Å². The van der Waals surface area contributed by atoms with Gasteiger partial charge >= 0.3 is 5.97 Å². The largest absolute Gasteiger partial charge is 0.480 e. The van der Waals surface area contributed by atoms with Gasteiger partial charge in [-0.3, -0.25) is 4.79 Å². The third-order valence-corrected chi connectivity index (χ3v) is 1.89. The lowest BCUT2D eigenvalue weighted by molar-refractivity contribution is -0.134. The first-order valence-corrected chi connectivity index (χ1v) is 4.27. The number of fused-ring (bicyclic) bond motifs is 1. The van der Waals surface area contributed by atoms with Crippen LogP contribution in [0.5, 0.6) is 0 Å². The quantitative estimate of drug-likeness (QED) is 0.723. The molecule has 0 atom stereocenters. The van der Waals surface area contributed by atoms with Crippen LogP contribution < -0.4 is 5.32 Å². The first-order chi connectivity index (χ1) is 6.75. The third-order valence-electron chi connectivity index (χ3n) is 1.89. The van der Waals surface area contributed by atoms with Crippen LogP contribution in [-0.4, -0.2) is 29.2 Å². The number of nitrogens with zero attached hydrogens (tertiary/aromatic N) is 1. The molecule has 0 aromatic carbocycles. The standard InChI is InChI=1S/C8H10N2O4/c11-7(12)3-9-8-10-5-1-2-13-4-6(5)14-8/h1-4H2,(H,9,10)(H,11,12). The third kappa shape index (κ3) is 1.85. The Labute approximate surface area is 79.9 Å². The van der Waals surface area contributed by atoms with Crippen molar-refractivity contribution in [2.75, 3.05) is 18.5 Å². The molecule has 0 radical (unpaired) electrons. The molecule has 0 spiro atoms. The molecule has 2 heterocycles.